The molecule has 1 unspecified atom stereocenters. The number of nitrogens with two attached hydrogens (primary N) is 1. The van der Waals surface area contributed by atoms with Crippen molar-refractivity contribution >= 4 is 39.1 Å². The minimum atomic E-state index is -0.576. The number of hydrogen-bond acceptors (Lipinski definition) is 1. The van der Waals surface area contributed by atoms with Gasteiger partial charge in [0.25, 0.3) is 0 Å². The summed E-state index contributed by atoms with van der Waals surface area (Å²) in [6.07, 6.45) is 0. The fourth-order valence-electron chi connectivity index (χ4n) is 1.64. The average Bonchev–Trinajstić information content (AvgIpc) is 2.32. The third kappa shape index (κ3) is 2.86. The molecule has 5 heteroatoms. The van der Waals surface area contributed by atoms with Crippen molar-refractivity contribution in [3.63, 3.8) is 0 Å². The van der Waals surface area contributed by atoms with Gasteiger partial charge in [-0.15, -0.1) is 0 Å². The maximum Gasteiger partial charge on any atom is 0.129 e. The highest BCUT2D eigenvalue weighted by atomic mass is 79.9. The highest BCUT2D eigenvalue weighted by molar-refractivity contribution is 9.10. The van der Waals surface area contributed by atoms with Crippen LogP contribution in [-0.2, 0) is 0 Å². The van der Waals surface area contributed by atoms with Gasteiger partial charge in [0.1, 0.15) is 5.82 Å². The van der Waals surface area contributed by atoms with Crippen LogP contribution in [0.2, 0.25) is 10.0 Å². The van der Waals surface area contributed by atoms with Crippen LogP contribution in [0.4, 0.5) is 4.39 Å². The molecular formula is C13H9BrCl2FN. The smallest absolute Gasteiger partial charge is 0.129 e. The number of benzene rings is 2. The van der Waals surface area contributed by atoms with Gasteiger partial charge < -0.3 is 5.73 Å². The summed E-state index contributed by atoms with van der Waals surface area (Å²) in [6.45, 7) is 0. The van der Waals surface area contributed by atoms with Crippen LogP contribution < -0.4 is 5.73 Å². The van der Waals surface area contributed by atoms with Gasteiger partial charge in [-0.1, -0.05) is 35.3 Å². The van der Waals surface area contributed by atoms with Crippen molar-refractivity contribution in [2.24, 2.45) is 5.73 Å². The minimum Gasteiger partial charge on any atom is -0.320 e. The molecule has 94 valence electrons. The Morgan fingerprint density at radius 3 is 2.44 bits per heavy atom. The Hall–Kier alpha value is -0.610. The molecule has 1 nitrogen and oxygen atoms in total. The maximum atomic E-state index is 13.8. The van der Waals surface area contributed by atoms with E-state index in [2.05, 4.69) is 15.9 Å². The van der Waals surface area contributed by atoms with Crippen LogP contribution in [0, 0.1) is 5.82 Å². The molecule has 2 N–H and O–H groups in total. The quantitative estimate of drug-likeness (QED) is 0.816. The highest BCUT2D eigenvalue weighted by Gasteiger charge is 2.14. The topological polar surface area (TPSA) is 26.0 Å². The van der Waals surface area contributed by atoms with Crippen LogP contribution in [0.3, 0.4) is 0 Å². The van der Waals surface area contributed by atoms with E-state index >= 15 is 0 Å². The van der Waals surface area contributed by atoms with E-state index in [-0.39, 0.29) is 0 Å². The third-order valence-corrected chi connectivity index (χ3v) is 4.07. The second-order valence-corrected chi connectivity index (χ2v) is 5.52. The molecule has 2 aromatic rings. The SMILES string of the molecule is NC(c1ccc(Br)c(Cl)c1)c1ccc(Cl)cc1F. The van der Waals surface area contributed by atoms with E-state index < -0.39 is 11.9 Å². The molecule has 18 heavy (non-hydrogen) atoms. The zero-order valence-electron chi connectivity index (χ0n) is 9.13. The molecule has 0 saturated carbocycles. The zero-order chi connectivity index (χ0) is 13.3. The Bertz CT molecular complexity index is 589. The first-order chi connectivity index (χ1) is 8.49. The second kappa shape index (κ2) is 5.57. The lowest BCUT2D eigenvalue weighted by molar-refractivity contribution is 0.600. The highest BCUT2D eigenvalue weighted by Crippen LogP contribution is 2.29. The van der Waals surface area contributed by atoms with Gasteiger partial charge in [-0.3, -0.25) is 0 Å². The van der Waals surface area contributed by atoms with Crippen molar-refractivity contribution < 1.29 is 4.39 Å². The molecule has 0 radical (unpaired) electrons. The van der Waals surface area contributed by atoms with Crippen molar-refractivity contribution in [2.45, 2.75) is 6.04 Å². The van der Waals surface area contributed by atoms with E-state index in [1.807, 2.05) is 0 Å². The molecule has 0 spiro atoms. The van der Waals surface area contributed by atoms with Crippen LogP contribution in [0.1, 0.15) is 17.2 Å². The summed E-state index contributed by atoms with van der Waals surface area (Å²) in [5, 5.41) is 0.884. The van der Waals surface area contributed by atoms with Crippen LogP contribution >= 0.6 is 39.1 Å². The molecule has 0 heterocycles. The molecule has 0 aliphatic carbocycles. The van der Waals surface area contributed by atoms with Crippen LogP contribution in [-0.4, -0.2) is 0 Å². The van der Waals surface area contributed by atoms with Crippen molar-refractivity contribution in [3.8, 4) is 0 Å². The van der Waals surface area contributed by atoms with Crippen LogP contribution in [0.25, 0.3) is 0 Å². The van der Waals surface area contributed by atoms with Crippen molar-refractivity contribution in [1.29, 1.82) is 0 Å². The van der Waals surface area contributed by atoms with Gasteiger partial charge in [0, 0.05) is 15.1 Å². The number of hydrogen-bond donors (Lipinski definition) is 1. The van der Waals surface area contributed by atoms with E-state index in [4.69, 9.17) is 28.9 Å². The van der Waals surface area contributed by atoms with Crippen LogP contribution in [0.5, 0.6) is 0 Å². The minimum absolute atomic E-state index is 0.345. The van der Waals surface area contributed by atoms with E-state index in [1.165, 1.54) is 6.07 Å². The van der Waals surface area contributed by atoms with Gasteiger partial charge in [-0.05, 0) is 45.8 Å². The van der Waals surface area contributed by atoms with E-state index in [1.54, 1.807) is 30.3 Å². The Morgan fingerprint density at radius 2 is 1.83 bits per heavy atom. The largest absolute Gasteiger partial charge is 0.320 e. The lowest BCUT2D eigenvalue weighted by Crippen LogP contribution is -2.13. The van der Waals surface area contributed by atoms with Gasteiger partial charge >= 0.3 is 0 Å². The first kappa shape index (κ1) is 13.8. The number of halogens is 4. The Balaban J connectivity index is 2.41. The summed E-state index contributed by atoms with van der Waals surface area (Å²) in [4.78, 5) is 0. The summed E-state index contributed by atoms with van der Waals surface area (Å²) in [7, 11) is 0. The van der Waals surface area contributed by atoms with E-state index in [0.29, 0.717) is 15.6 Å². The molecule has 0 bridgehead atoms. The third-order valence-electron chi connectivity index (χ3n) is 2.60. The Labute approximate surface area is 123 Å². The lowest BCUT2D eigenvalue weighted by Gasteiger charge is -2.14. The fraction of sp³-hybridized carbons (Fsp3) is 0.0769. The van der Waals surface area contributed by atoms with Gasteiger partial charge in [0.15, 0.2) is 0 Å². The second-order valence-electron chi connectivity index (χ2n) is 3.82. The maximum absolute atomic E-state index is 13.8. The molecule has 0 amide bonds. The first-order valence-corrected chi connectivity index (χ1v) is 6.69. The standard InChI is InChI=1S/C13H9BrCl2FN/c14-10-4-1-7(5-11(10)16)13(18)9-3-2-8(15)6-12(9)17/h1-6,13H,18H2. The fourth-order valence-corrected chi connectivity index (χ4v) is 2.23. The molecule has 0 fully saturated rings. The summed E-state index contributed by atoms with van der Waals surface area (Å²) in [5.41, 5.74) is 7.16. The molecule has 0 aliphatic rings. The monoisotopic (exact) mass is 347 g/mol. The van der Waals surface area contributed by atoms with Crippen molar-refractivity contribution in [1.82, 2.24) is 0 Å². The van der Waals surface area contributed by atoms with Gasteiger partial charge in [0.05, 0.1) is 11.1 Å². The average molecular weight is 349 g/mol. The molecule has 0 aromatic heterocycles. The van der Waals surface area contributed by atoms with Gasteiger partial charge in [-0.25, -0.2) is 4.39 Å². The lowest BCUT2D eigenvalue weighted by atomic mass is 9.99. The molecule has 0 saturated heterocycles. The molecule has 2 aromatic carbocycles. The van der Waals surface area contributed by atoms with Crippen LogP contribution in [0.15, 0.2) is 40.9 Å². The molecule has 0 aliphatic heterocycles. The molecular weight excluding hydrogens is 340 g/mol. The van der Waals surface area contributed by atoms with Crippen molar-refractivity contribution in [3.05, 3.63) is 67.9 Å². The first-order valence-electron chi connectivity index (χ1n) is 5.14. The molecule has 1 atom stereocenters. The zero-order valence-corrected chi connectivity index (χ0v) is 12.2. The summed E-state index contributed by atoms with van der Waals surface area (Å²) in [5.74, 6) is -0.422. The molecule has 2 rings (SSSR count). The predicted molar refractivity (Wildman–Crippen MR) is 76.6 cm³/mol. The predicted octanol–water partition coefficient (Wildman–Crippen LogP) is 4.94. The van der Waals surface area contributed by atoms with E-state index in [9.17, 15) is 4.39 Å². The summed E-state index contributed by atoms with van der Waals surface area (Å²) >= 11 is 15.0. The van der Waals surface area contributed by atoms with Crippen molar-refractivity contribution in [2.75, 3.05) is 0 Å². The Morgan fingerprint density at radius 1 is 1.11 bits per heavy atom. The summed E-state index contributed by atoms with van der Waals surface area (Å²) < 4.78 is 14.5. The normalized spacial score (nSPS) is 12.5. The summed E-state index contributed by atoms with van der Waals surface area (Å²) in [6, 6.07) is 9.16. The van der Waals surface area contributed by atoms with Gasteiger partial charge in [-0.2, -0.15) is 0 Å². The Kier molecular flexibility index (Phi) is 4.28. The van der Waals surface area contributed by atoms with E-state index in [0.717, 1.165) is 10.0 Å². The number of rotatable bonds is 2. The van der Waals surface area contributed by atoms with Gasteiger partial charge in [0.2, 0.25) is 0 Å².